The lowest BCUT2D eigenvalue weighted by Gasteiger charge is -2.26. The second kappa shape index (κ2) is 8.85. The van der Waals surface area contributed by atoms with Crippen LogP contribution in [-0.4, -0.2) is 40.7 Å². The maximum absolute atomic E-state index is 13.8. The summed E-state index contributed by atoms with van der Waals surface area (Å²) in [5.41, 5.74) is 3.26. The molecule has 3 heterocycles. The Hall–Kier alpha value is -3.81. The second-order valence-electron chi connectivity index (χ2n) is 8.21. The number of hydrogen-bond acceptors (Lipinski definition) is 6. The molecule has 5 aromatic rings. The summed E-state index contributed by atoms with van der Waals surface area (Å²) in [5, 5.41) is 4.96. The Morgan fingerprint density at radius 3 is 2.24 bits per heavy atom. The minimum Gasteiger partial charge on any atom is -0.346 e. The molecule has 1 aliphatic heterocycles. The van der Waals surface area contributed by atoms with E-state index in [1.165, 1.54) is 0 Å². The van der Waals surface area contributed by atoms with E-state index >= 15 is 0 Å². The highest BCUT2D eigenvalue weighted by Gasteiger charge is 2.24. The number of anilines is 1. The smallest absolute Gasteiger partial charge is 0.266 e. The van der Waals surface area contributed by atoms with Crippen LogP contribution >= 0.6 is 11.3 Å². The van der Waals surface area contributed by atoms with Crippen molar-refractivity contribution in [3.8, 4) is 27.6 Å². The monoisotopic (exact) mass is 465 g/mol. The molecule has 0 bridgehead atoms. The number of nitrogens with zero attached hydrogens (tertiary/aromatic N) is 4. The highest BCUT2D eigenvalue weighted by Crippen LogP contribution is 2.40. The molecule has 6 nitrogen and oxygen atoms in total. The van der Waals surface area contributed by atoms with E-state index in [9.17, 15) is 4.79 Å². The van der Waals surface area contributed by atoms with Gasteiger partial charge in [-0.25, -0.2) is 9.97 Å². The summed E-state index contributed by atoms with van der Waals surface area (Å²) in [6, 6.07) is 27.4. The summed E-state index contributed by atoms with van der Waals surface area (Å²) in [5.74, 6) is 0.618. The van der Waals surface area contributed by atoms with E-state index in [0.29, 0.717) is 16.7 Å². The van der Waals surface area contributed by atoms with Gasteiger partial charge >= 0.3 is 0 Å². The molecule has 6 rings (SSSR count). The third kappa shape index (κ3) is 3.69. The predicted octanol–water partition coefficient (Wildman–Crippen LogP) is 4.59. The van der Waals surface area contributed by atoms with Crippen LogP contribution in [0.15, 0.2) is 89.7 Å². The van der Waals surface area contributed by atoms with Crippen LogP contribution in [0.5, 0.6) is 0 Å². The fraction of sp³-hybridized carbons (Fsp3) is 0.148. The number of aromatic nitrogens is 3. The summed E-state index contributed by atoms with van der Waals surface area (Å²) in [6.45, 7) is 3.66. The van der Waals surface area contributed by atoms with Gasteiger partial charge in [0.25, 0.3) is 5.56 Å². The van der Waals surface area contributed by atoms with Crippen molar-refractivity contribution < 1.29 is 0 Å². The number of benzene rings is 3. The van der Waals surface area contributed by atoms with Crippen molar-refractivity contribution in [2.45, 2.75) is 0 Å². The van der Waals surface area contributed by atoms with Gasteiger partial charge in [0.05, 0.1) is 22.3 Å². The zero-order chi connectivity index (χ0) is 22.9. The molecule has 0 atom stereocenters. The summed E-state index contributed by atoms with van der Waals surface area (Å²) in [6.07, 6.45) is 0. The van der Waals surface area contributed by atoms with Crippen molar-refractivity contribution >= 4 is 27.4 Å². The lowest BCUT2D eigenvalue weighted by molar-refractivity contribution is 0.588. The van der Waals surface area contributed by atoms with Gasteiger partial charge in [-0.1, -0.05) is 72.0 Å². The molecule has 1 aliphatic rings. The Morgan fingerprint density at radius 2 is 1.47 bits per heavy atom. The Labute approximate surface area is 201 Å². The van der Waals surface area contributed by atoms with E-state index in [0.717, 1.165) is 53.1 Å². The number of thiazole rings is 1. The molecule has 34 heavy (non-hydrogen) atoms. The largest absolute Gasteiger partial charge is 0.346 e. The van der Waals surface area contributed by atoms with Crippen molar-refractivity contribution in [3.05, 3.63) is 95.3 Å². The zero-order valence-corrected chi connectivity index (χ0v) is 19.3. The fourth-order valence-corrected chi connectivity index (χ4v) is 5.46. The van der Waals surface area contributed by atoms with Gasteiger partial charge < -0.3 is 10.2 Å². The number of piperazine rings is 1. The van der Waals surface area contributed by atoms with Crippen molar-refractivity contribution in [2.24, 2.45) is 0 Å². The van der Waals surface area contributed by atoms with Crippen LogP contribution < -0.4 is 15.8 Å². The average molecular weight is 466 g/mol. The predicted molar refractivity (Wildman–Crippen MR) is 139 cm³/mol. The normalized spacial score (nSPS) is 13.9. The summed E-state index contributed by atoms with van der Waals surface area (Å²) in [4.78, 5) is 27.1. The Balaban J connectivity index is 1.65. The molecule has 0 unspecified atom stereocenters. The van der Waals surface area contributed by atoms with E-state index in [4.69, 9.17) is 9.97 Å². The van der Waals surface area contributed by atoms with Gasteiger partial charge in [-0.2, -0.15) is 0 Å². The lowest BCUT2D eigenvalue weighted by atomic mass is 10.1. The standard InChI is InChI=1S/C27H23N5OS/c33-26-21-13-7-8-14-22(21)29-25(32(26)20-11-5-2-6-12-20)24-23(19-9-3-1-4-10-19)30-27(34-24)31-17-15-28-16-18-31/h1-14,28H,15-18H2. The molecule has 1 fully saturated rings. The number of rotatable bonds is 4. The number of hydrogen-bond donors (Lipinski definition) is 1. The number of fused-ring (bicyclic) bond motifs is 1. The summed E-state index contributed by atoms with van der Waals surface area (Å²) < 4.78 is 1.73. The van der Waals surface area contributed by atoms with E-state index < -0.39 is 0 Å². The molecular weight excluding hydrogens is 442 g/mol. The van der Waals surface area contributed by atoms with Crippen LogP contribution in [0.3, 0.4) is 0 Å². The van der Waals surface area contributed by atoms with E-state index in [-0.39, 0.29) is 5.56 Å². The topological polar surface area (TPSA) is 63.1 Å². The summed E-state index contributed by atoms with van der Waals surface area (Å²) >= 11 is 1.60. The quantitative estimate of drug-likeness (QED) is 0.421. The second-order valence-corrected chi connectivity index (χ2v) is 9.18. The van der Waals surface area contributed by atoms with E-state index in [1.54, 1.807) is 15.9 Å². The minimum absolute atomic E-state index is 0.0806. The van der Waals surface area contributed by atoms with E-state index in [2.05, 4.69) is 22.3 Å². The maximum atomic E-state index is 13.8. The van der Waals surface area contributed by atoms with Crippen LogP contribution in [0.4, 0.5) is 5.13 Å². The first kappa shape index (κ1) is 20.8. The van der Waals surface area contributed by atoms with Gasteiger partial charge in [0.1, 0.15) is 4.88 Å². The van der Waals surface area contributed by atoms with Crippen molar-refractivity contribution in [2.75, 3.05) is 31.1 Å². The molecule has 1 saturated heterocycles. The first-order chi connectivity index (χ1) is 16.8. The van der Waals surface area contributed by atoms with Gasteiger partial charge in [0.2, 0.25) is 0 Å². The SMILES string of the molecule is O=c1c2ccccc2nc(-c2sc(N3CCNCC3)nc2-c2ccccc2)n1-c1ccccc1. The molecule has 168 valence electrons. The van der Waals surface area contributed by atoms with Crippen LogP contribution in [0.25, 0.3) is 38.5 Å². The number of nitrogens with one attached hydrogen (secondary N) is 1. The average Bonchev–Trinajstić information content (AvgIpc) is 3.36. The van der Waals surface area contributed by atoms with Crippen LogP contribution in [0.1, 0.15) is 0 Å². The first-order valence-electron chi connectivity index (χ1n) is 11.4. The molecule has 0 spiro atoms. The van der Waals surface area contributed by atoms with Crippen molar-refractivity contribution in [1.29, 1.82) is 0 Å². The molecule has 1 N–H and O–H groups in total. The Kier molecular flexibility index (Phi) is 5.41. The van der Waals surface area contributed by atoms with Gasteiger partial charge in [0.15, 0.2) is 11.0 Å². The summed E-state index contributed by atoms with van der Waals surface area (Å²) in [7, 11) is 0. The molecule has 0 amide bonds. The highest BCUT2D eigenvalue weighted by molar-refractivity contribution is 7.19. The molecule has 0 aliphatic carbocycles. The number of para-hydroxylation sites is 2. The maximum Gasteiger partial charge on any atom is 0.266 e. The van der Waals surface area contributed by atoms with Gasteiger partial charge in [-0.05, 0) is 24.3 Å². The highest BCUT2D eigenvalue weighted by atomic mass is 32.1. The molecule has 0 saturated carbocycles. The van der Waals surface area contributed by atoms with Crippen LogP contribution in [-0.2, 0) is 0 Å². The van der Waals surface area contributed by atoms with Crippen molar-refractivity contribution in [1.82, 2.24) is 19.9 Å². The molecule has 3 aromatic carbocycles. The van der Waals surface area contributed by atoms with Gasteiger partial charge in [-0.15, -0.1) is 0 Å². The van der Waals surface area contributed by atoms with Crippen molar-refractivity contribution in [3.63, 3.8) is 0 Å². The fourth-order valence-electron chi connectivity index (χ4n) is 4.35. The zero-order valence-electron chi connectivity index (χ0n) is 18.5. The lowest BCUT2D eigenvalue weighted by Crippen LogP contribution is -2.43. The van der Waals surface area contributed by atoms with E-state index in [1.807, 2.05) is 72.8 Å². The first-order valence-corrected chi connectivity index (χ1v) is 12.2. The third-order valence-corrected chi connectivity index (χ3v) is 7.16. The van der Waals surface area contributed by atoms with Gasteiger partial charge in [0, 0.05) is 31.7 Å². The Morgan fingerprint density at radius 1 is 0.794 bits per heavy atom. The van der Waals surface area contributed by atoms with Crippen LogP contribution in [0, 0.1) is 0 Å². The molecule has 2 aromatic heterocycles. The third-order valence-electron chi connectivity index (χ3n) is 6.04. The Bertz CT molecular complexity index is 1510. The molecular formula is C27H23N5OS. The van der Waals surface area contributed by atoms with Gasteiger partial charge in [-0.3, -0.25) is 9.36 Å². The minimum atomic E-state index is -0.0806. The molecule has 7 heteroatoms. The van der Waals surface area contributed by atoms with Crippen LogP contribution in [0.2, 0.25) is 0 Å². The molecule has 0 radical (unpaired) electrons.